The number of hydrogen-bond donors (Lipinski definition) is 1. The number of halogens is 1. The summed E-state index contributed by atoms with van der Waals surface area (Å²) in [6, 6.07) is 12.6. The Hall–Kier alpha value is -3.62. The third-order valence-electron chi connectivity index (χ3n) is 4.52. The average Bonchev–Trinajstić information content (AvgIpc) is 3.14. The highest BCUT2D eigenvalue weighted by Crippen LogP contribution is 2.26. The third kappa shape index (κ3) is 4.45. The molecule has 1 aliphatic heterocycles. The van der Waals surface area contributed by atoms with E-state index in [0.717, 1.165) is 5.75 Å². The Morgan fingerprint density at radius 1 is 1.24 bits per heavy atom. The summed E-state index contributed by atoms with van der Waals surface area (Å²) >= 11 is 0. The van der Waals surface area contributed by atoms with E-state index in [1.807, 2.05) is 0 Å². The lowest BCUT2D eigenvalue weighted by Gasteiger charge is -2.37. The van der Waals surface area contributed by atoms with Gasteiger partial charge in [-0.05, 0) is 42.5 Å². The maximum atomic E-state index is 13.2. The zero-order chi connectivity index (χ0) is 20.2. The Balaban J connectivity index is 1.25. The van der Waals surface area contributed by atoms with Crippen LogP contribution in [0.15, 0.2) is 53.1 Å². The van der Waals surface area contributed by atoms with Crippen molar-refractivity contribution >= 4 is 11.7 Å². The van der Waals surface area contributed by atoms with Crippen LogP contribution in [0.4, 0.5) is 14.9 Å². The Bertz CT molecular complexity index is 986. The van der Waals surface area contributed by atoms with E-state index in [-0.39, 0.29) is 18.6 Å². The number of aromatic nitrogens is 2. The SMILES string of the molecule is COc1ccc(OCc2nc(C3CN(C(=O)Nc4cccc(F)c4)C3)no2)cc1. The van der Waals surface area contributed by atoms with Crippen LogP contribution in [0.5, 0.6) is 11.5 Å². The number of nitrogens with zero attached hydrogens (tertiary/aromatic N) is 3. The minimum absolute atomic E-state index is 0.00764. The molecule has 2 aromatic carbocycles. The summed E-state index contributed by atoms with van der Waals surface area (Å²) in [4.78, 5) is 18.1. The Kier molecular flexibility index (Phi) is 5.28. The Labute approximate surface area is 166 Å². The van der Waals surface area contributed by atoms with Gasteiger partial charge in [-0.1, -0.05) is 11.2 Å². The second kappa shape index (κ2) is 8.17. The van der Waals surface area contributed by atoms with Crippen molar-refractivity contribution in [3.63, 3.8) is 0 Å². The van der Waals surface area contributed by atoms with Gasteiger partial charge in [0.15, 0.2) is 12.4 Å². The molecule has 150 valence electrons. The number of carbonyl (C=O) groups is 1. The van der Waals surface area contributed by atoms with Gasteiger partial charge in [0.05, 0.1) is 13.0 Å². The first kappa shape index (κ1) is 18.7. The third-order valence-corrected chi connectivity index (χ3v) is 4.52. The van der Waals surface area contributed by atoms with Crippen LogP contribution >= 0.6 is 0 Å². The maximum Gasteiger partial charge on any atom is 0.321 e. The van der Waals surface area contributed by atoms with Crippen LogP contribution < -0.4 is 14.8 Å². The molecule has 1 N–H and O–H groups in total. The van der Waals surface area contributed by atoms with Gasteiger partial charge >= 0.3 is 6.03 Å². The number of carbonyl (C=O) groups excluding carboxylic acids is 1. The lowest BCUT2D eigenvalue weighted by Crippen LogP contribution is -2.50. The van der Waals surface area contributed by atoms with Crippen molar-refractivity contribution in [2.75, 3.05) is 25.5 Å². The first-order valence-electron chi connectivity index (χ1n) is 9.01. The van der Waals surface area contributed by atoms with E-state index >= 15 is 0 Å². The molecule has 0 radical (unpaired) electrons. The zero-order valence-corrected chi connectivity index (χ0v) is 15.7. The highest BCUT2D eigenvalue weighted by molar-refractivity contribution is 5.89. The molecule has 0 spiro atoms. The fourth-order valence-electron chi connectivity index (χ4n) is 2.89. The van der Waals surface area contributed by atoms with Gasteiger partial charge in [0, 0.05) is 18.8 Å². The molecule has 3 aromatic rings. The van der Waals surface area contributed by atoms with Crippen molar-refractivity contribution in [2.45, 2.75) is 12.5 Å². The number of ether oxygens (including phenoxy) is 2. The van der Waals surface area contributed by atoms with E-state index in [1.54, 1.807) is 48.4 Å². The van der Waals surface area contributed by atoms with E-state index in [2.05, 4.69) is 15.5 Å². The molecule has 2 heterocycles. The smallest absolute Gasteiger partial charge is 0.321 e. The van der Waals surface area contributed by atoms with Gasteiger partial charge in [-0.3, -0.25) is 0 Å². The van der Waals surface area contributed by atoms with Crippen LogP contribution in [0.2, 0.25) is 0 Å². The zero-order valence-electron chi connectivity index (χ0n) is 15.7. The Morgan fingerprint density at radius 2 is 2.00 bits per heavy atom. The number of amides is 2. The maximum absolute atomic E-state index is 13.2. The normalized spacial score (nSPS) is 13.7. The highest BCUT2D eigenvalue weighted by Gasteiger charge is 2.35. The van der Waals surface area contributed by atoms with Crippen molar-refractivity contribution in [1.29, 1.82) is 0 Å². The number of methoxy groups -OCH3 is 1. The standard InChI is InChI=1S/C20H19FN4O4/c1-27-16-5-7-17(8-6-16)28-12-18-23-19(24-29-18)13-10-25(11-13)20(26)22-15-4-2-3-14(21)9-15/h2-9,13H,10-12H2,1H3,(H,22,26). The molecule has 2 amide bonds. The molecule has 0 bridgehead atoms. The molecule has 0 saturated carbocycles. The number of likely N-dealkylation sites (tertiary alicyclic amines) is 1. The fraction of sp³-hybridized carbons (Fsp3) is 0.250. The molecule has 8 nitrogen and oxygen atoms in total. The first-order valence-corrected chi connectivity index (χ1v) is 9.01. The van der Waals surface area contributed by atoms with Crippen molar-refractivity contribution < 1.29 is 23.2 Å². The van der Waals surface area contributed by atoms with Crippen LogP contribution in [0, 0.1) is 5.82 Å². The summed E-state index contributed by atoms with van der Waals surface area (Å²) < 4.78 is 29.1. The predicted octanol–water partition coefficient (Wildman–Crippen LogP) is 3.43. The van der Waals surface area contributed by atoms with Crippen LogP contribution in [-0.2, 0) is 6.61 Å². The van der Waals surface area contributed by atoms with Crippen LogP contribution in [0.3, 0.4) is 0 Å². The number of hydrogen-bond acceptors (Lipinski definition) is 6. The molecule has 4 rings (SSSR count). The molecular formula is C20H19FN4O4. The number of benzene rings is 2. The van der Waals surface area contributed by atoms with E-state index in [0.29, 0.717) is 36.2 Å². The first-order chi connectivity index (χ1) is 14.1. The second-order valence-corrected chi connectivity index (χ2v) is 6.55. The van der Waals surface area contributed by atoms with Crippen LogP contribution in [0.25, 0.3) is 0 Å². The lowest BCUT2D eigenvalue weighted by atomic mass is 10.0. The monoisotopic (exact) mass is 398 g/mol. The van der Waals surface area contributed by atoms with Gasteiger partial charge in [0.1, 0.15) is 17.3 Å². The van der Waals surface area contributed by atoms with Crippen molar-refractivity contribution in [2.24, 2.45) is 0 Å². The average molecular weight is 398 g/mol. The molecule has 29 heavy (non-hydrogen) atoms. The summed E-state index contributed by atoms with van der Waals surface area (Å²) in [5.74, 6) is 1.89. The quantitative estimate of drug-likeness (QED) is 0.684. The largest absolute Gasteiger partial charge is 0.497 e. The van der Waals surface area contributed by atoms with E-state index in [9.17, 15) is 9.18 Å². The van der Waals surface area contributed by atoms with Gasteiger partial charge in [-0.2, -0.15) is 4.98 Å². The van der Waals surface area contributed by atoms with E-state index in [4.69, 9.17) is 14.0 Å². The molecule has 1 fully saturated rings. The lowest BCUT2D eigenvalue weighted by molar-refractivity contribution is 0.159. The highest BCUT2D eigenvalue weighted by atomic mass is 19.1. The summed E-state index contributed by atoms with van der Waals surface area (Å²) in [5.41, 5.74) is 0.413. The number of rotatable bonds is 6. The van der Waals surface area contributed by atoms with E-state index < -0.39 is 5.82 Å². The van der Waals surface area contributed by atoms with Gasteiger partial charge in [0.2, 0.25) is 0 Å². The van der Waals surface area contributed by atoms with Crippen LogP contribution in [-0.4, -0.2) is 41.3 Å². The summed E-state index contributed by atoms with van der Waals surface area (Å²) in [5, 5.41) is 6.64. The second-order valence-electron chi connectivity index (χ2n) is 6.55. The summed E-state index contributed by atoms with van der Waals surface area (Å²) in [7, 11) is 1.60. The minimum atomic E-state index is -0.402. The molecule has 1 aromatic heterocycles. The van der Waals surface area contributed by atoms with Crippen molar-refractivity contribution in [3.05, 3.63) is 66.1 Å². The number of urea groups is 1. The number of nitrogens with one attached hydrogen (secondary N) is 1. The molecule has 9 heteroatoms. The minimum Gasteiger partial charge on any atom is -0.497 e. The van der Waals surface area contributed by atoms with Gasteiger partial charge in [-0.25, -0.2) is 9.18 Å². The summed E-state index contributed by atoms with van der Waals surface area (Å²) in [6.07, 6.45) is 0. The molecule has 0 atom stereocenters. The molecule has 1 aliphatic rings. The van der Waals surface area contributed by atoms with Gasteiger partial charge < -0.3 is 24.2 Å². The fourth-order valence-corrected chi connectivity index (χ4v) is 2.89. The Morgan fingerprint density at radius 3 is 2.72 bits per heavy atom. The van der Waals surface area contributed by atoms with Crippen LogP contribution in [0.1, 0.15) is 17.6 Å². The molecular weight excluding hydrogens is 379 g/mol. The summed E-state index contributed by atoms with van der Waals surface area (Å²) in [6.45, 7) is 1.06. The van der Waals surface area contributed by atoms with Gasteiger partial charge in [-0.15, -0.1) is 0 Å². The molecule has 0 aliphatic carbocycles. The van der Waals surface area contributed by atoms with Crippen molar-refractivity contribution in [3.8, 4) is 11.5 Å². The number of anilines is 1. The van der Waals surface area contributed by atoms with Gasteiger partial charge in [0.25, 0.3) is 5.89 Å². The molecule has 1 saturated heterocycles. The molecule has 0 unspecified atom stereocenters. The topological polar surface area (TPSA) is 89.7 Å². The van der Waals surface area contributed by atoms with E-state index in [1.165, 1.54) is 12.1 Å². The van der Waals surface area contributed by atoms with Crippen molar-refractivity contribution in [1.82, 2.24) is 15.0 Å². The predicted molar refractivity (Wildman–Crippen MR) is 101 cm³/mol.